The molecule has 1 heterocycles. The monoisotopic (exact) mass is 293 g/mol. The van der Waals surface area contributed by atoms with E-state index < -0.39 is 0 Å². The first-order valence-electron chi connectivity index (χ1n) is 7.23. The summed E-state index contributed by atoms with van der Waals surface area (Å²) in [5.74, 6) is 0.739. The van der Waals surface area contributed by atoms with Crippen LogP contribution in [-0.2, 0) is 0 Å². The number of carbonyl (C=O) groups is 1. The zero-order valence-corrected chi connectivity index (χ0v) is 12.9. The smallest absolute Gasteiger partial charge is 0.176 e. The molecule has 0 spiro atoms. The van der Waals surface area contributed by atoms with Gasteiger partial charge in [-0.25, -0.2) is 0 Å². The summed E-state index contributed by atoms with van der Waals surface area (Å²) in [5, 5.41) is 9.03. The van der Waals surface area contributed by atoms with Crippen LogP contribution >= 0.6 is 11.8 Å². The number of likely N-dealkylation sites (tertiary alicyclic amines) is 1. The van der Waals surface area contributed by atoms with Gasteiger partial charge < -0.3 is 5.11 Å². The second-order valence-corrected chi connectivity index (χ2v) is 6.29. The van der Waals surface area contributed by atoms with Crippen LogP contribution in [0.5, 0.6) is 0 Å². The van der Waals surface area contributed by atoms with E-state index in [1.54, 1.807) is 11.8 Å². The van der Waals surface area contributed by atoms with Crippen molar-refractivity contribution >= 4 is 17.5 Å². The molecule has 1 saturated heterocycles. The minimum atomic E-state index is 0.197. The van der Waals surface area contributed by atoms with Crippen LogP contribution in [0, 0.1) is 5.92 Å². The molecular weight excluding hydrogens is 270 g/mol. The number of hydrogen-bond donors (Lipinski definition) is 1. The molecule has 3 nitrogen and oxygen atoms in total. The predicted octanol–water partition coefficient (Wildman–Crippen LogP) is 2.69. The molecule has 1 atom stereocenters. The van der Waals surface area contributed by atoms with Gasteiger partial charge in [0.1, 0.15) is 0 Å². The van der Waals surface area contributed by atoms with E-state index in [-0.39, 0.29) is 12.4 Å². The number of rotatable bonds is 6. The highest BCUT2D eigenvalue weighted by molar-refractivity contribution is 7.98. The van der Waals surface area contributed by atoms with Gasteiger partial charge in [0.15, 0.2) is 5.78 Å². The maximum absolute atomic E-state index is 12.3. The Morgan fingerprint density at radius 1 is 1.40 bits per heavy atom. The Hall–Kier alpha value is -0.840. The molecule has 0 amide bonds. The largest absolute Gasteiger partial charge is 0.396 e. The third-order valence-corrected chi connectivity index (χ3v) is 4.66. The summed E-state index contributed by atoms with van der Waals surface area (Å²) in [6, 6.07) is 7.85. The van der Waals surface area contributed by atoms with Crippen molar-refractivity contribution in [1.29, 1.82) is 0 Å². The van der Waals surface area contributed by atoms with Crippen LogP contribution in [0.15, 0.2) is 29.2 Å². The Labute approximate surface area is 125 Å². The molecule has 110 valence electrons. The van der Waals surface area contributed by atoms with Gasteiger partial charge in [0, 0.05) is 23.6 Å². The molecule has 2 rings (SSSR count). The average Bonchev–Trinajstić information content (AvgIpc) is 2.48. The van der Waals surface area contributed by atoms with Crippen molar-refractivity contribution in [2.24, 2.45) is 5.92 Å². The lowest BCUT2D eigenvalue weighted by molar-refractivity contribution is 0.0871. The van der Waals surface area contributed by atoms with E-state index in [1.165, 1.54) is 11.3 Å². The van der Waals surface area contributed by atoms with Crippen LogP contribution in [0.3, 0.4) is 0 Å². The predicted molar refractivity (Wildman–Crippen MR) is 83.4 cm³/mol. The fraction of sp³-hybridized carbons (Fsp3) is 0.562. The zero-order valence-electron chi connectivity index (χ0n) is 12.0. The van der Waals surface area contributed by atoms with E-state index >= 15 is 0 Å². The Kier molecular flexibility index (Phi) is 6.07. The molecule has 1 aromatic rings. The molecule has 1 N–H and O–H groups in total. The maximum atomic E-state index is 12.3. The number of piperidine rings is 1. The van der Waals surface area contributed by atoms with Crippen molar-refractivity contribution in [3.8, 4) is 0 Å². The van der Waals surface area contributed by atoms with E-state index in [1.807, 2.05) is 30.5 Å². The number of carbonyl (C=O) groups excluding carboxylic acids is 1. The van der Waals surface area contributed by atoms with Gasteiger partial charge in [-0.1, -0.05) is 12.1 Å². The van der Waals surface area contributed by atoms with E-state index in [9.17, 15) is 4.79 Å². The van der Waals surface area contributed by atoms with Crippen molar-refractivity contribution in [1.82, 2.24) is 4.90 Å². The second kappa shape index (κ2) is 7.81. The molecule has 0 aliphatic carbocycles. The lowest BCUT2D eigenvalue weighted by Crippen LogP contribution is -2.39. The molecule has 0 aromatic heterocycles. The molecule has 1 aliphatic rings. The molecular formula is C16H23NO2S. The highest BCUT2D eigenvalue weighted by Crippen LogP contribution is 2.20. The number of thioether (sulfide) groups is 1. The summed E-state index contributed by atoms with van der Waals surface area (Å²) in [6.07, 6.45) is 5.19. The molecule has 1 aliphatic heterocycles. The van der Waals surface area contributed by atoms with Crippen molar-refractivity contribution in [2.75, 3.05) is 32.5 Å². The Balaban J connectivity index is 1.89. The highest BCUT2D eigenvalue weighted by atomic mass is 32.2. The normalized spacial score (nSPS) is 20.0. The van der Waals surface area contributed by atoms with E-state index in [4.69, 9.17) is 5.11 Å². The fourth-order valence-electron chi connectivity index (χ4n) is 2.78. The maximum Gasteiger partial charge on any atom is 0.176 e. The quantitative estimate of drug-likeness (QED) is 0.647. The third-order valence-electron chi connectivity index (χ3n) is 3.92. The molecule has 1 unspecified atom stereocenters. The molecule has 0 radical (unpaired) electrons. The molecule has 4 heteroatoms. The van der Waals surface area contributed by atoms with Crippen LogP contribution in [-0.4, -0.2) is 48.3 Å². The third kappa shape index (κ3) is 4.33. The van der Waals surface area contributed by atoms with E-state index in [0.29, 0.717) is 12.5 Å². The van der Waals surface area contributed by atoms with Crippen LogP contribution in [0.2, 0.25) is 0 Å². The van der Waals surface area contributed by atoms with Crippen LogP contribution < -0.4 is 0 Å². The number of hydrogen-bond acceptors (Lipinski definition) is 4. The van der Waals surface area contributed by atoms with E-state index in [2.05, 4.69) is 4.90 Å². The fourth-order valence-corrected chi connectivity index (χ4v) is 3.19. The molecule has 1 aromatic carbocycles. The van der Waals surface area contributed by atoms with Crippen LogP contribution in [0.1, 0.15) is 29.6 Å². The number of aliphatic hydroxyl groups excluding tert-OH is 1. The van der Waals surface area contributed by atoms with Crippen molar-refractivity contribution in [3.63, 3.8) is 0 Å². The second-order valence-electron chi connectivity index (χ2n) is 5.41. The average molecular weight is 293 g/mol. The Bertz CT molecular complexity index is 431. The first-order chi connectivity index (χ1) is 9.72. The summed E-state index contributed by atoms with van der Waals surface area (Å²) in [7, 11) is 0. The summed E-state index contributed by atoms with van der Waals surface area (Å²) < 4.78 is 0. The molecule has 1 fully saturated rings. The van der Waals surface area contributed by atoms with Gasteiger partial charge in [0.05, 0.1) is 6.54 Å². The van der Waals surface area contributed by atoms with Crippen molar-refractivity contribution in [3.05, 3.63) is 29.8 Å². The van der Waals surface area contributed by atoms with Gasteiger partial charge in [0.25, 0.3) is 0 Å². The molecule has 0 bridgehead atoms. The van der Waals surface area contributed by atoms with Gasteiger partial charge in [-0.15, -0.1) is 11.8 Å². The summed E-state index contributed by atoms with van der Waals surface area (Å²) in [6.45, 7) is 2.69. The van der Waals surface area contributed by atoms with Gasteiger partial charge in [-0.2, -0.15) is 0 Å². The van der Waals surface area contributed by atoms with E-state index in [0.717, 1.165) is 31.5 Å². The Morgan fingerprint density at radius 3 is 2.80 bits per heavy atom. The summed E-state index contributed by atoms with van der Waals surface area (Å²) >= 11 is 1.69. The number of aliphatic hydroxyl groups is 1. The van der Waals surface area contributed by atoms with Gasteiger partial charge in [-0.05, 0) is 50.1 Å². The van der Waals surface area contributed by atoms with Gasteiger partial charge >= 0.3 is 0 Å². The molecule has 0 saturated carbocycles. The number of benzene rings is 1. The number of Topliss-reactive ketones (excluding diaryl/α,β-unsaturated/α-hetero) is 1. The van der Waals surface area contributed by atoms with Crippen molar-refractivity contribution in [2.45, 2.75) is 24.2 Å². The van der Waals surface area contributed by atoms with Gasteiger partial charge in [-0.3, -0.25) is 9.69 Å². The summed E-state index contributed by atoms with van der Waals surface area (Å²) in [5.41, 5.74) is 0.798. The lowest BCUT2D eigenvalue weighted by atomic mass is 9.95. The van der Waals surface area contributed by atoms with Crippen LogP contribution in [0.25, 0.3) is 0 Å². The zero-order chi connectivity index (χ0) is 14.4. The lowest BCUT2D eigenvalue weighted by Gasteiger charge is -2.31. The minimum Gasteiger partial charge on any atom is -0.396 e. The van der Waals surface area contributed by atoms with Crippen LogP contribution in [0.4, 0.5) is 0 Å². The van der Waals surface area contributed by atoms with Crippen molar-refractivity contribution < 1.29 is 9.90 Å². The highest BCUT2D eigenvalue weighted by Gasteiger charge is 2.21. The minimum absolute atomic E-state index is 0.197. The number of nitrogens with zero attached hydrogens (tertiary/aromatic N) is 1. The van der Waals surface area contributed by atoms with Gasteiger partial charge in [0.2, 0.25) is 0 Å². The molecule has 20 heavy (non-hydrogen) atoms. The first kappa shape index (κ1) is 15.5. The number of ketones is 1. The first-order valence-corrected chi connectivity index (χ1v) is 8.46. The SMILES string of the molecule is CSc1ccc(C(=O)CN2CCCC(CCO)C2)cc1. The summed E-state index contributed by atoms with van der Waals surface area (Å²) in [4.78, 5) is 15.7. The topological polar surface area (TPSA) is 40.5 Å². The Morgan fingerprint density at radius 2 is 2.15 bits per heavy atom. The standard InChI is InChI=1S/C16H23NO2S/c1-20-15-6-4-14(5-7-15)16(19)12-17-9-2-3-13(11-17)8-10-18/h4-7,13,18H,2-3,8-12H2,1H3.